The highest BCUT2D eigenvalue weighted by Gasteiger charge is 2.14. The van der Waals surface area contributed by atoms with Crippen molar-refractivity contribution < 1.29 is 18.6 Å². The van der Waals surface area contributed by atoms with Crippen molar-refractivity contribution in [3.05, 3.63) is 87.2 Å². The Bertz CT molecular complexity index is 1230. The zero-order valence-electron chi connectivity index (χ0n) is 15.7. The average Bonchev–Trinajstić information content (AvgIpc) is 3.27. The highest BCUT2D eigenvalue weighted by Crippen LogP contribution is 2.31. The third kappa shape index (κ3) is 3.87. The van der Waals surface area contributed by atoms with E-state index in [9.17, 15) is 18.7 Å². The lowest BCUT2D eigenvalue weighted by molar-refractivity contribution is 0.272. The van der Waals surface area contributed by atoms with Crippen LogP contribution in [-0.4, -0.2) is 24.4 Å². The summed E-state index contributed by atoms with van der Waals surface area (Å²) in [5, 5.41) is 14.6. The first-order valence-electron chi connectivity index (χ1n) is 8.89. The van der Waals surface area contributed by atoms with Crippen molar-refractivity contribution in [1.29, 1.82) is 0 Å². The van der Waals surface area contributed by atoms with Crippen LogP contribution >= 0.6 is 11.3 Å². The van der Waals surface area contributed by atoms with E-state index in [1.54, 1.807) is 24.3 Å². The summed E-state index contributed by atoms with van der Waals surface area (Å²) < 4.78 is 35.7. The van der Waals surface area contributed by atoms with Crippen molar-refractivity contribution in [1.82, 2.24) is 19.3 Å². The van der Waals surface area contributed by atoms with E-state index in [1.165, 1.54) is 23.7 Å². The zero-order valence-corrected chi connectivity index (χ0v) is 16.6. The fourth-order valence-electron chi connectivity index (χ4n) is 2.87. The standard InChI is InChI=1S/C20H16F2N4O3S/c1-12-24-18(10-27)19(30-12)29-14-7-5-13(6-8-14)26-20(28)25(11-23-26)9-15-16(21)3-2-4-17(15)22/h2-8,11,27H,9-10H2,1H3. The summed E-state index contributed by atoms with van der Waals surface area (Å²) in [7, 11) is 0. The Kier molecular flexibility index (Phi) is 5.42. The molecule has 2 aromatic heterocycles. The SMILES string of the molecule is Cc1nc(CO)c(Oc2ccc(-n3ncn(Cc4c(F)cccc4F)c3=O)cc2)s1. The number of hydrogen-bond acceptors (Lipinski definition) is 6. The molecule has 0 radical (unpaired) electrons. The van der Waals surface area contributed by atoms with E-state index in [4.69, 9.17) is 4.74 Å². The van der Waals surface area contributed by atoms with E-state index in [-0.39, 0.29) is 18.7 Å². The van der Waals surface area contributed by atoms with Gasteiger partial charge in [-0.15, -0.1) is 0 Å². The number of benzene rings is 2. The number of rotatable bonds is 6. The monoisotopic (exact) mass is 430 g/mol. The number of aliphatic hydroxyl groups excluding tert-OH is 1. The second-order valence-corrected chi connectivity index (χ2v) is 7.54. The van der Waals surface area contributed by atoms with Gasteiger partial charge in [0.2, 0.25) is 5.06 Å². The molecule has 1 N–H and O–H groups in total. The predicted octanol–water partition coefficient (Wildman–Crippen LogP) is 3.41. The first kappa shape index (κ1) is 19.9. The van der Waals surface area contributed by atoms with Crippen molar-refractivity contribution in [2.24, 2.45) is 0 Å². The van der Waals surface area contributed by atoms with Gasteiger partial charge in [0.15, 0.2) is 0 Å². The number of hydrogen-bond donors (Lipinski definition) is 1. The number of nitrogens with zero attached hydrogens (tertiary/aromatic N) is 4. The third-order valence-electron chi connectivity index (χ3n) is 4.33. The van der Waals surface area contributed by atoms with Gasteiger partial charge < -0.3 is 9.84 Å². The Morgan fingerprint density at radius 2 is 1.83 bits per heavy atom. The topological polar surface area (TPSA) is 82.2 Å². The summed E-state index contributed by atoms with van der Waals surface area (Å²) in [4.78, 5) is 16.8. The van der Waals surface area contributed by atoms with E-state index >= 15 is 0 Å². The molecule has 0 spiro atoms. The first-order valence-corrected chi connectivity index (χ1v) is 9.70. The number of thiazole rings is 1. The molecule has 154 valence electrons. The van der Waals surface area contributed by atoms with E-state index in [2.05, 4.69) is 10.1 Å². The molecule has 30 heavy (non-hydrogen) atoms. The highest BCUT2D eigenvalue weighted by atomic mass is 32.1. The Hall–Kier alpha value is -3.37. The van der Waals surface area contributed by atoms with Crippen LogP contribution in [0.1, 0.15) is 16.3 Å². The van der Waals surface area contributed by atoms with Crippen LogP contribution in [0.5, 0.6) is 10.8 Å². The number of aliphatic hydroxyl groups is 1. The lowest BCUT2D eigenvalue weighted by Gasteiger charge is -2.06. The second kappa shape index (κ2) is 8.17. The lowest BCUT2D eigenvalue weighted by atomic mass is 10.2. The maximum absolute atomic E-state index is 13.9. The van der Waals surface area contributed by atoms with Gasteiger partial charge in [-0.1, -0.05) is 17.4 Å². The Morgan fingerprint density at radius 3 is 2.50 bits per heavy atom. The maximum Gasteiger partial charge on any atom is 0.350 e. The van der Waals surface area contributed by atoms with Crippen LogP contribution in [0.25, 0.3) is 5.69 Å². The second-order valence-electron chi connectivity index (χ2n) is 6.37. The van der Waals surface area contributed by atoms with Gasteiger partial charge in [0, 0.05) is 5.56 Å². The van der Waals surface area contributed by atoms with E-state index in [1.807, 2.05) is 6.92 Å². The molecule has 7 nitrogen and oxygen atoms in total. The van der Waals surface area contributed by atoms with Crippen LogP contribution in [0, 0.1) is 18.6 Å². The van der Waals surface area contributed by atoms with Crippen molar-refractivity contribution >= 4 is 11.3 Å². The Labute approximate surface area is 173 Å². The van der Waals surface area contributed by atoms with Gasteiger partial charge in [0.05, 0.1) is 23.8 Å². The van der Waals surface area contributed by atoms with Gasteiger partial charge in [-0.05, 0) is 43.3 Å². The highest BCUT2D eigenvalue weighted by molar-refractivity contribution is 7.13. The van der Waals surface area contributed by atoms with Crippen LogP contribution in [0.2, 0.25) is 0 Å². The molecule has 0 aliphatic carbocycles. The minimum atomic E-state index is -0.725. The predicted molar refractivity (Wildman–Crippen MR) is 106 cm³/mol. The van der Waals surface area contributed by atoms with Crippen molar-refractivity contribution in [2.45, 2.75) is 20.1 Å². The molecule has 2 aromatic carbocycles. The number of ether oxygens (including phenoxy) is 1. The lowest BCUT2D eigenvalue weighted by Crippen LogP contribution is -2.24. The molecule has 0 aliphatic heterocycles. The van der Waals surface area contributed by atoms with Crippen molar-refractivity contribution in [2.75, 3.05) is 0 Å². The van der Waals surface area contributed by atoms with Gasteiger partial charge >= 0.3 is 5.69 Å². The van der Waals surface area contributed by atoms with Crippen LogP contribution in [0.4, 0.5) is 8.78 Å². The molecule has 0 saturated heterocycles. The molecule has 0 saturated carbocycles. The first-order chi connectivity index (χ1) is 14.5. The molecule has 0 fully saturated rings. The summed E-state index contributed by atoms with van der Waals surface area (Å²) >= 11 is 1.32. The van der Waals surface area contributed by atoms with Crippen LogP contribution in [0.15, 0.2) is 53.6 Å². The molecule has 0 unspecified atom stereocenters. The molecule has 2 heterocycles. The summed E-state index contributed by atoms with van der Waals surface area (Å²) in [6.07, 6.45) is 1.23. The quantitative estimate of drug-likeness (QED) is 0.507. The van der Waals surface area contributed by atoms with Gasteiger partial charge in [-0.3, -0.25) is 4.57 Å². The summed E-state index contributed by atoms with van der Waals surface area (Å²) in [5.41, 5.74) is 0.175. The van der Waals surface area contributed by atoms with E-state index in [0.717, 1.165) is 26.4 Å². The van der Waals surface area contributed by atoms with Gasteiger partial charge in [-0.2, -0.15) is 9.78 Å². The minimum Gasteiger partial charge on any atom is -0.445 e. The Balaban J connectivity index is 1.56. The van der Waals surface area contributed by atoms with Crippen LogP contribution in [0.3, 0.4) is 0 Å². The van der Waals surface area contributed by atoms with E-state index < -0.39 is 17.3 Å². The van der Waals surface area contributed by atoms with Crippen molar-refractivity contribution in [3.8, 4) is 16.5 Å². The number of halogens is 2. The van der Waals surface area contributed by atoms with Crippen LogP contribution in [-0.2, 0) is 13.2 Å². The summed E-state index contributed by atoms with van der Waals surface area (Å²) in [6, 6.07) is 10.1. The fourth-order valence-corrected chi connectivity index (χ4v) is 3.66. The zero-order chi connectivity index (χ0) is 21.3. The van der Waals surface area contributed by atoms with E-state index in [0.29, 0.717) is 22.2 Å². The van der Waals surface area contributed by atoms with Gasteiger partial charge in [0.1, 0.15) is 29.4 Å². The van der Waals surface area contributed by atoms with Crippen LogP contribution < -0.4 is 10.4 Å². The maximum atomic E-state index is 13.9. The number of aryl methyl sites for hydroxylation is 1. The molecular weight excluding hydrogens is 414 g/mol. The third-order valence-corrected chi connectivity index (χ3v) is 5.22. The normalized spacial score (nSPS) is 11.1. The molecule has 0 bridgehead atoms. The fraction of sp³-hybridized carbons (Fsp3) is 0.150. The number of aromatic nitrogens is 4. The molecule has 0 amide bonds. The molecule has 0 aliphatic rings. The molecule has 10 heteroatoms. The largest absolute Gasteiger partial charge is 0.445 e. The van der Waals surface area contributed by atoms with Crippen molar-refractivity contribution in [3.63, 3.8) is 0 Å². The smallest absolute Gasteiger partial charge is 0.350 e. The summed E-state index contributed by atoms with van der Waals surface area (Å²) in [6.45, 7) is 1.32. The molecule has 4 aromatic rings. The average molecular weight is 430 g/mol. The minimum absolute atomic E-state index is 0.206. The van der Waals surface area contributed by atoms with Gasteiger partial charge in [-0.25, -0.2) is 18.6 Å². The molecular formula is C20H16F2N4O3S. The molecule has 4 rings (SSSR count). The summed E-state index contributed by atoms with van der Waals surface area (Å²) in [5.74, 6) is -0.952. The Morgan fingerprint density at radius 1 is 1.13 bits per heavy atom. The molecule has 0 atom stereocenters. The van der Waals surface area contributed by atoms with Gasteiger partial charge in [0.25, 0.3) is 0 Å².